The SMILES string of the molecule is O=C(NC1CC[C@H]2CN(Cc3cccc(C(F)(F)F)c3)CC12)C(O)(C1CCCCC1)C1CCCCC1. The molecule has 4 aliphatic rings. The Labute approximate surface area is 213 Å². The van der Waals surface area contributed by atoms with Crippen LogP contribution in [0.5, 0.6) is 0 Å². The van der Waals surface area contributed by atoms with E-state index in [2.05, 4.69) is 10.2 Å². The quantitative estimate of drug-likeness (QED) is 0.503. The fraction of sp³-hybridized carbons (Fsp3) is 0.759. The molecule has 36 heavy (non-hydrogen) atoms. The largest absolute Gasteiger partial charge is 0.416 e. The van der Waals surface area contributed by atoms with Crippen LogP contribution in [0.3, 0.4) is 0 Å². The topological polar surface area (TPSA) is 52.6 Å². The number of carbonyl (C=O) groups is 1. The molecular weight excluding hydrogens is 465 g/mol. The van der Waals surface area contributed by atoms with Gasteiger partial charge in [0.2, 0.25) is 0 Å². The molecule has 0 spiro atoms. The zero-order valence-electron chi connectivity index (χ0n) is 21.2. The van der Waals surface area contributed by atoms with Gasteiger partial charge in [-0.2, -0.15) is 13.2 Å². The molecule has 0 bridgehead atoms. The van der Waals surface area contributed by atoms with Crippen LogP contribution < -0.4 is 5.32 Å². The van der Waals surface area contributed by atoms with Crippen molar-refractivity contribution in [2.45, 2.75) is 101 Å². The van der Waals surface area contributed by atoms with Crippen LogP contribution in [0, 0.1) is 23.7 Å². The summed E-state index contributed by atoms with van der Waals surface area (Å²) >= 11 is 0. The van der Waals surface area contributed by atoms with Gasteiger partial charge in [-0.1, -0.05) is 56.7 Å². The minimum Gasteiger partial charge on any atom is -0.379 e. The van der Waals surface area contributed by atoms with E-state index in [0.29, 0.717) is 23.9 Å². The summed E-state index contributed by atoms with van der Waals surface area (Å²) in [6.45, 7) is 2.12. The highest BCUT2D eigenvalue weighted by Gasteiger charge is 2.52. The molecule has 1 amide bonds. The summed E-state index contributed by atoms with van der Waals surface area (Å²) in [5, 5.41) is 15.4. The fourth-order valence-corrected chi connectivity index (χ4v) is 7.84. The van der Waals surface area contributed by atoms with Crippen LogP contribution in [0.15, 0.2) is 24.3 Å². The maximum atomic E-state index is 13.8. The molecule has 1 heterocycles. The van der Waals surface area contributed by atoms with Crippen LogP contribution in [0.2, 0.25) is 0 Å². The van der Waals surface area contributed by atoms with Crippen LogP contribution in [0.1, 0.15) is 88.2 Å². The summed E-state index contributed by atoms with van der Waals surface area (Å²) in [6, 6.07) is 5.65. The van der Waals surface area contributed by atoms with E-state index < -0.39 is 17.3 Å². The molecule has 1 aromatic rings. The summed E-state index contributed by atoms with van der Waals surface area (Å²) < 4.78 is 39.4. The average Bonchev–Trinajstić information content (AvgIpc) is 3.45. The Bertz CT molecular complexity index is 890. The van der Waals surface area contributed by atoms with Crippen molar-refractivity contribution >= 4 is 5.91 Å². The third-order valence-electron chi connectivity index (χ3n) is 9.73. The van der Waals surface area contributed by atoms with Crippen molar-refractivity contribution in [2.75, 3.05) is 13.1 Å². The molecule has 3 atom stereocenters. The lowest BCUT2D eigenvalue weighted by atomic mass is 9.65. The Hall–Kier alpha value is -1.60. The smallest absolute Gasteiger partial charge is 0.379 e. The number of hydrogen-bond donors (Lipinski definition) is 2. The number of rotatable bonds is 6. The maximum absolute atomic E-state index is 13.8. The Balaban J connectivity index is 1.25. The molecule has 2 N–H and O–H groups in total. The lowest BCUT2D eigenvalue weighted by molar-refractivity contribution is -0.160. The monoisotopic (exact) mass is 506 g/mol. The second-order valence-electron chi connectivity index (χ2n) is 12.0. The number of amides is 1. The van der Waals surface area contributed by atoms with Gasteiger partial charge in [-0.25, -0.2) is 0 Å². The fourth-order valence-electron chi connectivity index (χ4n) is 7.84. The number of nitrogens with one attached hydrogen (secondary N) is 1. The first-order valence-corrected chi connectivity index (χ1v) is 14.2. The number of likely N-dealkylation sites (tertiary alicyclic amines) is 1. The number of hydrogen-bond acceptors (Lipinski definition) is 3. The summed E-state index contributed by atoms with van der Waals surface area (Å²) in [6.07, 6.45) is 8.06. The third kappa shape index (κ3) is 5.33. The molecule has 1 saturated heterocycles. The van der Waals surface area contributed by atoms with E-state index in [4.69, 9.17) is 0 Å². The Morgan fingerprint density at radius 1 is 0.917 bits per heavy atom. The molecule has 3 saturated carbocycles. The lowest BCUT2D eigenvalue weighted by Gasteiger charge is -2.44. The lowest BCUT2D eigenvalue weighted by Crippen LogP contribution is -2.60. The number of carbonyl (C=O) groups excluding carboxylic acids is 1. The number of nitrogens with zero attached hydrogens (tertiary/aromatic N) is 1. The summed E-state index contributed by atoms with van der Waals surface area (Å²) in [7, 11) is 0. The molecule has 4 nitrogen and oxygen atoms in total. The average molecular weight is 507 g/mol. The first-order chi connectivity index (χ1) is 17.2. The van der Waals surface area contributed by atoms with Crippen molar-refractivity contribution in [3.63, 3.8) is 0 Å². The molecule has 1 aliphatic heterocycles. The molecule has 2 unspecified atom stereocenters. The van der Waals surface area contributed by atoms with Crippen molar-refractivity contribution in [2.24, 2.45) is 23.7 Å². The van der Waals surface area contributed by atoms with E-state index in [9.17, 15) is 23.1 Å². The van der Waals surface area contributed by atoms with Crippen LogP contribution in [-0.2, 0) is 17.5 Å². The first-order valence-electron chi connectivity index (χ1n) is 14.2. The van der Waals surface area contributed by atoms with Gasteiger partial charge in [-0.15, -0.1) is 0 Å². The van der Waals surface area contributed by atoms with E-state index >= 15 is 0 Å². The second kappa shape index (κ2) is 10.6. The highest BCUT2D eigenvalue weighted by Crippen LogP contribution is 2.44. The van der Waals surface area contributed by atoms with Gasteiger partial charge >= 0.3 is 6.18 Å². The summed E-state index contributed by atoms with van der Waals surface area (Å²) in [4.78, 5) is 16.1. The Morgan fingerprint density at radius 2 is 1.56 bits per heavy atom. The van der Waals surface area contributed by atoms with Crippen molar-refractivity contribution < 1.29 is 23.1 Å². The minimum absolute atomic E-state index is 0.0349. The van der Waals surface area contributed by atoms with Crippen molar-refractivity contribution in [1.82, 2.24) is 10.2 Å². The van der Waals surface area contributed by atoms with Crippen LogP contribution in [0.4, 0.5) is 13.2 Å². The van der Waals surface area contributed by atoms with Crippen LogP contribution in [-0.4, -0.2) is 40.6 Å². The van der Waals surface area contributed by atoms with Gasteiger partial charge in [0.15, 0.2) is 0 Å². The molecular formula is C29H41F3N2O2. The van der Waals surface area contributed by atoms with Crippen LogP contribution in [0.25, 0.3) is 0 Å². The summed E-state index contributed by atoms with van der Waals surface area (Å²) in [5.41, 5.74) is -1.20. The first kappa shape index (κ1) is 26.0. The zero-order chi connectivity index (χ0) is 25.3. The van der Waals surface area contributed by atoms with Gasteiger partial charge in [-0.05, 0) is 73.8 Å². The van der Waals surface area contributed by atoms with E-state index in [-0.39, 0.29) is 23.8 Å². The van der Waals surface area contributed by atoms with E-state index in [0.717, 1.165) is 83.4 Å². The molecule has 200 valence electrons. The molecule has 4 fully saturated rings. The number of benzene rings is 1. The number of aliphatic hydroxyl groups is 1. The number of alkyl halides is 3. The van der Waals surface area contributed by atoms with E-state index in [1.807, 2.05) is 0 Å². The highest BCUT2D eigenvalue weighted by molar-refractivity contribution is 5.86. The third-order valence-corrected chi connectivity index (χ3v) is 9.73. The maximum Gasteiger partial charge on any atom is 0.416 e. The highest BCUT2D eigenvalue weighted by atomic mass is 19.4. The van der Waals surface area contributed by atoms with E-state index in [1.54, 1.807) is 6.07 Å². The van der Waals surface area contributed by atoms with Gasteiger partial charge in [0, 0.05) is 25.7 Å². The zero-order valence-corrected chi connectivity index (χ0v) is 21.2. The number of halogens is 3. The normalized spacial score (nSPS) is 28.8. The standard InChI is InChI=1S/C29H41F3N2O2/c30-29(31,32)24-13-7-8-20(16-24)17-34-18-21-14-15-26(25(21)19-34)33-27(35)28(36,22-9-3-1-4-10-22)23-11-5-2-6-12-23/h7-8,13,16,21-23,25-26,36H,1-6,9-12,14-15,17-19H2,(H,33,35)/t21-,25?,26?/m0/s1. The Morgan fingerprint density at radius 3 is 2.17 bits per heavy atom. The van der Waals surface area contributed by atoms with Gasteiger partial charge in [-0.3, -0.25) is 9.69 Å². The molecule has 0 radical (unpaired) electrons. The number of fused-ring (bicyclic) bond motifs is 1. The van der Waals surface area contributed by atoms with Crippen molar-refractivity contribution in [3.05, 3.63) is 35.4 Å². The van der Waals surface area contributed by atoms with Gasteiger partial charge < -0.3 is 10.4 Å². The van der Waals surface area contributed by atoms with Gasteiger partial charge in [0.05, 0.1) is 5.56 Å². The second-order valence-corrected chi connectivity index (χ2v) is 12.0. The van der Waals surface area contributed by atoms with Crippen molar-refractivity contribution in [3.8, 4) is 0 Å². The molecule has 3 aliphatic carbocycles. The minimum atomic E-state index is -4.33. The van der Waals surface area contributed by atoms with Crippen LogP contribution >= 0.6 is 0 Å². The molecule has 5 rings (SSSR count). The summed E-state index contributed by atoms with van der Waals surface area (Å²) in [5.74, 6) is 0.684. The van der Waals surface area contributed by atoms with E-state index in [1.165, 1.54) is 25.0 Å². The van der Waals surface area contributed by atoms with Crippen molar-refractivity contribution in [1.29, 1.82) is 0 Å². The Kier molecular flexibility index (Phi) is 7.69. The van der Waals surface area contributed by atoms with Gasteiger partial charge in [0.1, 0.15) is 5.60 Å². The molecule has 0 aromatic heterocycles. The molecule has 1 aromatic carbocycles. The molecule has 7 heteroatoms. The van der Waals surface area contributed by atoms with Gasteiger partial charge in [0.25, 0.3) is 5.91 Å². The predicted molar refractivity (Wildman–Crippen MR) is 133 cm³/mol. The predicted octanol–water partition coefficient (Wildman–Crippen LogP) is 5.92.